The van der Waals surface area contributed by atoms with Crippen LogP contribution in [0.4, 0.5) is 0 Å². The Labute approximate surface area is 110 Å². The summed E-state index contributed by atoms with van der Waals surface area (Å²) in [7, 11) is 0. The minimum atomic E-state index is -0.137. The zero-order valence-corrected chi connectivity index (χ0v) is 10.4. The van der Waals surface area contributed by atoms with Gasteiger partial charge in [0.15, 0.2) is 6.29 Å². The van der Waals surface area contributed by atoms with Crippen molar-refractivity contribution >= 4 is 23.1 Å². The highest BCUT2D eigenvalue weighted by atomic mass is 16.5. The summed E-state index contributed by atoms with van der Waals surface area (Å²) < 4.78 is 5.23. The molecule has 2 aromatic rings. The predicted molar refractivity (Wildman–Crippen MR) is 70.4 cm³/mol. The molecule has 98 valence electrons. The fourth-order valence-corrected chi connectivity index (χ4v) is 2.38. The number of nitrogens with zero attached hydrogens (tertiary/aromatic N) is 1. The lowest BCUT2D eigenvalue weighted by Gasteiger charge is -2.26. The Balaban J connectivity index is 2.03. The number of aromatic amines is 1. The van der Waals surface area contributed by atoms with Crippen molar-refractivity contribution in [1.29, 1.82) is 0 Å². The molecule has 0 radical (unpaired) electrons. The number of carbonyl (C=O) groups is 2. The number of nitrogens with one attached hydrogen (secondary N) is 1. The van der Waals surface area contributed by atoms with Crippen molar-refractivity contribution in [2.24, 2.45) is 0 Å². The molecule has 1 saturated heterocycles. The van der Waals surface area contributed by atoms with Gasteiger partial charge in [0.1, 0.15) is 5.69 Å². The normalized spacial score (nSPS) is 15.7. The van der Waals surface area contributed by atoms with Crippen LogP contribution in [0.5, 0.6) is 0 Å². The number of para-hydroxylation sites is 1. The van der Waals surface area contributed by atoms with Crippen molar-refractivity contribution in [3.05, 3.63) is 35.5 Å². The summed E-state index contributed by atoms with van der Waals surface area (Å²) in [5.41, 5.74) is 1.62. The van der Waals surface area contributed by atoms with Gasteiger partial charge in [-0.15, -0.1) is 0 Å². The molecule has 0 unspecified atom stereocenters. The number of hydrogen-bond acceptors (Lipinski definition) is 3. The van der Waals surface area contributed by atoms with Gasteiger partial charge in [0, 0.05) is 24.0 Å². The number of H-pyrrole nitrogens is 1. The molecule has 1 fully saturated rings. The van der Waals surface area contributed by atoms with Crippen molar-refractivity contribution in [3.8, 4) is 0 Å². The molecule has 1 aliphatic rings. The highest BCUT2D eigenvalue weighted by molar-refractivity contribution is 6.09. The third kappa shape index (κ3) is 2.02. The average Bonchev–Trinajstić information content (AvgIpc) is 2.85. The largest absolute Gasteiger partial charge is 0.378 e. The van der Waals surface area contributed by atoms with Crippen LogP contribution in [0.3, 0.4) is 0 Å². The van der Waals surface area contributed by atoms with Crippen molar-refractivity contribution < 1.29 is 14.3 Å². The zero-order chi connectivity index (χ0) is 13.2. The van der Waals surface area contributed by atoms with Gasteiger partial charge in [-0.1, -0.05) is 18.2 Å². The molecule has 1 amide bonds. The van der Waals surface area contributed by atoms with Gasteiger partial charge in [-0.25, -0.2) is 0 Å². The predicted octanol–water partition coefficient (Wildman–Crippen LogP) is 1.45. The van der Waals surface area contributed by atoms with Crippen LogP contribution in [0.2, 0.25) is 0 Å². The average molecular weight is 258 g/mol. The Hall–Kier alpha value is -2.14. The highest BCUT2D eigenvalue weighted by Crippen LogP contribution is 2.22. The molecule has 0 aliphatic carbocycles. The summed E-state index contributed by atoms with van der Waals surface area (Å²) in [5.74, 6) is -0.137. The van der Waals surface area contributed by atoms with E-state index in [1.807, 2.05) is 24.3 Å². The number of hydrogen-bond donors (Lipinski definition) is 1. The lowest BCUT2D eigenvalue weighted by Crippen LogP contribution is -2.41. The molecule has 0 spiro atoms. The molecule has 1 aromatic carbocycles. The van der Waals surface area contributed by atoms with Crippen LogP contribution in [-0.2, 0) is 4.74 Å². The van der Waals surface area contributed by atoms with Gasteiger partial charge in [0.2, 0.25) is 0 Å². The summed E-state index contributed by atoms with van der Waals surface area (Å²) in [5, 5.41) is 0.786. The third-order valence-corrected chi connectivity index (χ3v) is 3.38. The van der Waals surface area contributed by atoms with Crippen molar-refractivity contribution in [1.82, 2.24) is 9.88 Å². The summed E-state index contributed by atoms with van der Waals surface area (Å²) in [6.07, 6.45) is 0.743. The number of aromatic nitrogens is 1. The molecular formula is C14H14N2O3. The van der Waals surface area contributed by atoms with E-state index < -0.39 is 0 Å². The van der Waals surface area contributed by atoms with Gasteiger partial charge < -0.3 is 14.6 Å². The van der Waals surface area contributed by atoms with E-state index in [4.69, 9.17) is 4.74 Å². The lowest BCUT2D eigenvalue weighted by atomic mass is 10.1. The smallest absolute Gasteiger partial charge is 0.271 e. The molecule has 1 aliphatic heterocycles. The SMILES string of the molecule is O=Cc1c(C(=O)N2CCOCC2)[nH]c2ccccc12. The molecule has 5 heteroatoms. The molecule has 2 heterocycles. The maximum Gasteiger partial charge on any atom is 0.271 e. The van der Waals surface area contributed by atoms with E-state index in [0.717, 1.165) is 17.2 Å². The van der Waals surface area contributed by atoms with E-state index in [0.29, 0.717) is 37.6 Å². The van der Waals surface area contributed by atoms with E-state index in [1.165, 1.54) is 0 Å². The van der Waals surface area contributed by atoms with Gasteiger partial charge in [0.05, 0.1) is 18.8 Å². The molecule has 19 heavy (non-hydrogen) atoms. The second-order valence-electron chi connectivity index (χ2n) is 4.48. The Morgan fingerprint density at radius 2 is 2.00 bits per heavy atom. The first-order chi connectivity index (χ1) is 9.31. The van der Waals surface area contributed by atoms with Crippen molar-refractivity contribution in [2.45, 2.75) is 0 Å². The van der Waals surface area contributed by atoms with Crippen molar-refractivity contribution in [3.63, 3.8) is 0 Å². The van der Waals surface area contributed by atoms with Crippen molar-refractivity contribution in [2.75, 3.05) is 26.3 Å². The fraction of sp³-hybridized carbons (Fsp3) is 0.286. The second kappa shape index (κ2) is 4.85. The van der Waals surface area contributed by atoms with Crippen LogP contribution < -0.4 is 0 Å². The van der Waals surface area contributed by atoms with E-state index in [-0.39, 0.29) is 5.91 Å². The lowest BCUT2D eigenvalue weighted by molar-refractivity contribution is 0.0299. The van der Waals surface area contributed by atoms with E-state index in [9.17, 15) is 9.59 Å². The first kappa shape index (κ1) is 11.9. The molecule has 1 N–H and O–H groups in total. The monoisotopic (exact) mass is 258 g/mol. The van der Waals surface area contributed by atoms with Crippen LogP contribution in [0, 0.1) is 0 Å². The Bertz CT molecular complexity index is 627. The van der Waals surface area contributed by atoms with Gasteiger partial charge in [-0.05, 0) is 6.07 Å². The van der Waals surface area contributed by atoms with Crippen LogP contribution in [-0.4, -0.2) is 48.4 Å². The molecule has 0 atom stereocenters. The summed E-state index contributed by atoms with van der Waals surface area (Å²) in [6.45, 7) is 2.21. The summed E-state index contributed by atoms with van der Waals surface area (Å²) in [6, 6.07) is 7.42. The fourth-order valence-electron chi connectivity index (χ4n) is 2.38. The standard InChI is InChI=1S/C14H14N2O3/c17-9-11-10-3-1-2-4-12(10)15-13(11)14(18)16-5-7-19-8-6-16/h1-4,9,15H,5-8H2. The third-order valence-electron chi connectivity index (χ3n) is 3.38. The summed E-state index contributed by atoms with van der Waals surface area (Å²) >= 11 is 0. The van der Waals surface area contributed by atoms with Gasteiger partial charge in [-0.2, -0.15) is 0 Å². The number of aldehydes is 1. The molecular weight excluding hydrogens is 244 g/mol. The van der Waals surface area contributed by atoms with Gasteiger partial charge >= 0.3 is 0 Å². The molecule has 0 bridgehead atoms. The number of carbonyl (C=O) groups excluding carboxylic acids is 2. The first-order valence-electron chi connectivity index (χ1n) is 6.24. The Kier molecular flexibility index (Phi) is 3.05. The molecule has 0 saturated carbocycles. The van der Waals surface area contributed by atoms with Gasteiger partial charge in [-0.3, -0.25) is 9.59 Å². The molecule has 3 rings (SSSR count). The number of fused-ring (bicyclic) bond motifs is 1. The number of rotatable bonds is 2. The van der Waals surface area contributed by atoms with Crippen LogP contribution in [0.1, 0.15) is 20.8 Å². The van der Waals surface area contributed by atoms with Crippen LogP contribution in [0.25, 0.3) is 10.9 Å². The first-order valence-corrected chi connectivity index (χ1v) is 6.24. The van der Waals surface area contributed by atoms with Crippen LogP contribution >= 0.6 is 0 Å². The second-order valence-corrected chi connectivity index (χ2v) is 4.48. The maximum atomic E-state index is 12.4. The van der Waals surface area contributed by atoms with Gasteiger partial charge in [0.25, 0.3) is 5.91 Å². The highest BCUT2D eigenvalue weighted by Gasteiger charge is 2.23. The number of benzene rings is 1. The zero-order valence-electron chi connectivity index (χ0n) is 10.4. The minimum Gasteiger partial charge on any atom is -0.378 e. The van der Waals surface area contributed by atoms with E-state index >= 15 is 0 Å². The molecule has 1 aromatic heterocycles. The number of ether oxygens (including phenoxy) is 1. The van der Waals surface area contributed by atoms with E-state index in [2.05, 4.69) is 4.98 Å². The minimum absolute atomic E-state index is 0.137. The van der Waals surface area contributed by atoms with Crippen LogP contribution in [0.15, 0.2) is 24.3 Å². The summed E-state index contributed by atoms with van der Waals surface area (Å²) in [4.78, 5) is 28.5. The Morgan fingerprint density at radius 3 is 2.74 bits per heavy atom. The maximum absolute atomic E-state index is 12.4. The molecule has 5 nitrogen and oxygen atoms in total. The Morgan fingerprint density at radius 1 is 1.26 bits per heavy atom. The number of morpholine rings is 1. The quantitative estimate of drug-likeness (QED) is 0.829. The van der Waals surface area contributed by atoms with E-state index in [1.54, 1.807) is 4.90 Å². The topological polar surface area (TPSA) is 62.4 Å². The number of amides is 1.